The van der Waals surface area contributed by atoms with Gasteiger partial charge in [0.05, 0.1) is 5.01 Å². The van der Waals surface area contributed by atoms with Crippen LogP contribution in [-0.2, 0) is 4.79 Å². The SMILES string of the molecule is Cc1nc(-c2ccccc2)c(NC(=O)CCC2CCNC2)s1.Cl. The van der Waals surface area contributed by atoms with Crippen molar-refractivity contribution in [1.82, 2.24) is 10.3 Å². The van der Waals surface area contributed by atoms with Crippen LogP contribution in [-0.4, -0.2) is 24.0 Å². The Morgan fingerprint density at radius 3 is 2.87 bits per heavy atom. The minimum absolute atomic E-state index is 0. The topological polar surface area (TPSA) is 54.0 Å². The van der Waals surface area contributed by atoms with Gasteiger partial charge in [-0.2, -0.15) is 0 Å². The number of carbonyl (C=O) groups is 1. The van der Waals surface area contributed by atoms with Crippen molar-refractivity contribution in [2.45, 2.75) is 26.2 Å². The van der Waals surface area contributed by atoms with E-state index in [9.17, 15) is 4.79 Å². The highest BCUT2D eigenvalue weighted by Gasteiger charge is 2.17. The fourth-order valence-electron chi connectivity index (χ4n) is 2.79. The molecule has 1 fully saturated rings. The molecule has 0 aliphatic carbocycles. The third-order valence-corrected chi connectivity index (χ3v) is 4.86. The molecule has 1 atom stereocenters. The average Bonchev–Trinajstić information content (AvgIpc) is 3.16. The summed E-state index contributed by atoms with van der Waals surface area (Å²) in [5, 5.41) is 8.22. The van der Waals surface area contributed by atoms with Crippen molar-refractivity contribution < 1.29 is 4.79 Å². The lowest BCUT2D eigenvalue weighted by atomic mass is 10.0. The Bertz CT molecular complexity index is 639. The minimum atomic E-state index is 0. The van der Waals surface area contributed by atoms with Gasteiger partial charge in [0.15, 0.2) is 0 Å². The molecule has 0 bridgehead atoms. The first-order valence-electron chi connectivity index (χ1n) is 7.76. The van der Waals surface area contributed by atoms with Crippen LogP contribution in [0.5, 0.6) is 0 Å². The molecule has 2 heterocycles. The van der Waals surface area contributed by atoms with Gasteiger partial charge in [-0.3, -0.25) is 4.79 Å². The first-order valence-corrected chi connectivity index (χ1v) is 8.57. The molecule has 1 aromatic heterocycles. The smallest absolute Gasteiger partial charge is 0.225 e. The maximum absolute atomic E-state index is 12.2. The lowest BCUT2D eigenvalue weighted by Crippen LogP contribution is -2.14. The molecule has 2 aromatic rings. The van der Waals surface area contributed by atoms with E-state index in [2.05, 4.69) is 15.6 Å². The van der Waals surface area contributed by atoms with Crippen molar-refractivity contribution in [1.29, 1.82) is 0 Å². The Morgan fingerprint density at radius 1 is 1.39 bits per heavy atom. The number of hydrogen-bond acceptors (Lipinski definition) is 4. The molecular weight excluding hydrogens is 330 g/mol. The number of aryl methyl sites for hydroxylation is 1. The minimum Gasteiger partial charge on any atom is -0.316 e. The maximum Gasteiger partial charge on any atom is 0.225 e. The first kappa shape index (κ1) is 17.9. The van der Waals surface area contributed by atoms with Crippen LogP contribution in [0, 0.1) is 12.8 Å². The number of halogens is 1. The van der Waals surface area contributed by atoms with Crippen LogP contribution in [0.15, 0.2) is 30.3 Å². The van der Waals surface area contributed by atoms with Crippen molar-refractivity contribution in [2.75, 3.05) is 18.4 Å². The molecule has 0 saturated carbocycles. The number of thiazole rings is 1. The maximum atomic E-state index is 12.2. The number of hydrogen-bond donors (Lipinski definition) is 2. The van der Waals surface area contributed by atoms with E-state index in [0.29, 0.717) is 12.3 Å². The van der Waals surface area contributed by atoms with Crippen LogP contribution >= 0.6 is 23.7 Å². The summed E-state index contributed by atoms with van der Waals surface area (Å²) in [7, 11) is 0. The molecule has 0 spiro atoms. The number of amides is 1. The van der Waals surface area contributed by atoms with Crippen molar-refractivity contribution in [3.8, 4) is 11.3 Å². The first-order chi connectivity index (χ1) is 10.7. The molecule has 1 aliphatic rings. The summed E-state index contributed by atoms with van der Waals surface area (Å²) in [6, 6.07) is 10.0. The van der Waals surface area contributed by atoms with Gasteiger partial charge in [-0.15, -0.1) is 23.7 Å². The molecule has 124 valence electrons. The van der Waals surface area contributed by atoms with Gasteiger partial charge in [-0.25, -0.2) is 4.98 Å². The van der Waals surface area contributed by atoms with Gasteiger partial charge in [0.2, 0.25) is 5.91 Å². The number of anilines is 1. The highest BCUT2D eigenvalue weighted by atomic mass is 35.5. The zero-order valence-corrected chi connectivity index (χ0v) is 14.8. The van der Waals surface area contributed by atoms with E-state index in [0.717, 1.165) is 40.8 Å². The van der Waals surface area contributed by atoms with E-state index in [4.69, 9.17) is 0 Å². The summed E-state index contributed by atoms with van der Waals surface area (Å²) in [6.07, 6.45) is 2.72. The monoisotopic (exact) mass is 351 g/mol. The third-order valence-electron chi connectivity index (χ3n) is 3.98. The van der Waals surface area contributed by atoms with Crippen LogP contribution in [0.3, 0.4) is 0 Å². The number of nitrogens with zero attached hydrogens (tertiary/aromatic N) is 1. The normalized spacial score (nSPS) is 16.8. The molecule has 6 heteroatoms. The highest BCUT2D eigenvalue weighted by molar-refractivity contribution is 7.16. The van der Waals surface area contributed by atoms with Gasteiger partial charge in [-0.1, -0.05) is 30.3 Å². The molecule has 3 rings (SSSR count). The van der Waals surface area contributed by atoms with E-state index in [1.54, 1.807) is 11.3 Å². The summed E-state index contributed by atoms with van der Waals surface area (Å²) in [4.78, 5) is 16.8. The lowest BCUT2D eigenvalue weighted by molar-refractivity contribution is -0.116. The van der Waals surface area contributed by atoms with Crippen molar-refractivity contribution in [3.05, 3.63) is 35.3 Å². The molecule has 1 aliphatic heterocycles. The van der Waals surface area contributed by atoms with Crippen LogP contribution in [0.25, 0.3) is 11.3 Å². The van der Waals surface area contributed by atoms with Crippen molar-refractivity contribution in [2.24, 2.45) is 5.92 Å². The van der Waals surface area contributed by atoms with E-state index in [1.165, 1.54) is 6.42 Å². The molecule has 23 heavy (non-hydrogen) atoms. The van der Waals surface area contributed by atoms with Gasteiger partial charge in [0, 0.05) is 12.0 Å². The molecule has 0 radical (unpaired) electrons. The summed E-state index contributed by atoms with van der Waals surface area (Å²) < 4.78 is 0. The van der Waals surface area contributed by atoms with E-state index >= 15 is 0 Å². The number of carbonyl (C=O) groups excluding carboxylic acids is 1. The van der Waals surface area contributed by atoms with Gasteiger partial charge < -0.3 is 10.6 Å². The Balaban J connectivity index is 0.00000192. The van der Waals surface area contributed by atoms with Gasteiger partial charge in [0.25, 0.3) is 0 Å². The summed E-state index contributed by atoms with van der Waals surface area (Å²) in [5.74, 6) is 0.732. The highest BCUT2D eigenvalue weighted by Crippen LogP contribution is 2.33. The number of aromatic nitrogens is 1. The van der Waals surface area contributed by atoms with Crippen LogP contribution in [0.4, 0.5) is 5.00 Å². The number of rotatable bonds is 5. The quantitative estimate of drug-likeness (QED) is 0.859. The third kappa shape index (κ3) is 4.77. The largest absolute Gasteiger partial charge is 0.316 e. The Morgan fingerprint density at radius 2 is 2.17 bits per heavy atom. The summed E-state index contributed by atoms with van der Waals surface area (Å²) >= 11 is 1.54. The van der Waals surface area contributed by atoms with E-state index in [-0.39, 0.29) is 18.3 Å². The van der Waals surface area contributed by atoms with Gasteiger partial charge in [0.1, 0.15) is 10.7 Å². The molecule has 4 nitrogen and oxygen atoms in total. The fraction of sp³-hybridized carbons (Fsp3) is 0.412. The predicted molar refractivity (Wildman–Crippen MR) is 98.4 cm³/mol. The summed E-state index contributed by atoms with van der Waals surface area (Å²) in [5.41, 5.74) is 1.92. The molecule has 1 aromatic carbocycles. The van der Waals surface area contributed by atoms with Crippen LogP contribution < -0.4 is 10.6 Å². The molecular formula is C17H22ClN3OS. The number of benzene rings is 1. The van der Waals surface area contributed by atoms with Crippen molar-refractivity contribution in [3.63, 3.8) is 0 Å². The predicted octanol–water partition coefficient (Wildman–Crippen LogP) is 3.87. The Hall–Kier alpha value is -1.43. The fourth-order valence-corrected chi connectivity index (χ4v) is 3.65. The molecule has 1 unspecified atom stereocenters. The lowest BCUT2D eigenvalue weighted by Gasteiger charge is -2.08. The molecule has 1 amide bonds. The van der Waals surface area contributed by atoms with E-state index in [1.807, 2.05) is 37.3 Å². The van der Waals surface area contributed by atoms with Crippen LogP contribution in [0.2, 0.25) is 0 Å². The zero-order valence-electron chi connectivity index (χ0n) is 13.2. The van der Waals surface area contributed by atoms with Crippen molar-refractivity contribution >= 4 is 34.7 Å². The molecule has 1 saturated heterocycles. The number of nitrogens with one attached hydrogen (secondary N) is 2. The molecule has 2 N–H and O–H groups in total. The Kier molecular flexibility index (Phi) is 6.57. The second-order valence-corrected chi connectivity index (χ2v) is 6.93. The second kappa shape index (κ2) is 8.43. The Labute approximate surface area is 147 Å². The summed E-state index contributed by atoms with van der Waals surface area (Å²) in [6.45, 7) is 4.09. The van der Waals surface area contributed by atoms with Crippen LogP contribution in [0.1, 0.15) is 24.3 Å². The van der Waals surface area contributed by atoms with Gasteiger partial charge >= 0.3 is 0 Å². The average molecular weight is 352 g/mol. The van der Waals surface area contributed by atoms with Gasteiger partial charge in [-0.05, 0) is 38.8 Å². The van der Waals surface area contributed by atoms with E-state index < -0.39 is 0 Å². The second-order valence-electron chi connectivity index (χ2n) is 5.72. The zero-order chi connectivity index (χ0) is 15.4. The standard InChI is InChI=1S/C17H21N3OS.ClH/c1-12-19-16(14-5-3-2-4-6-14)17(22-12)20-15(21)8-7-13-9-10-18-11-13;/h2-6,13,18H,7-11H2,1H3,(H,20,21);1H.